The van der Waals surface area contributed by atoms with Gasteiger partial charge in [0.25, 0.3) is 0 Å². The molecule has 0 aliphatic heterocycles. The molecule has 2 amide bonds. The van der Waals surface area contributed by atoms with E-state index in [-0.39, 0.29) is 0 Å². The van der Waals surface area contributed by atoms with Crippen LogP contribution in [0.3, 0.4) is 0 Å². The maximum absolute atomic E-state index is 14.5. The highest BCUT2D eigenvalue weighted by Gasteiger charge is 2.95. The van der Waals surface area contributed by atoms with Crippen molar-refractivity contribution in [3.63, 3.8) is 0 Å². The molecule has 0 radical (unpaired) electrons. The summed E-state index contributed by atoms with van der Waals surface area (Å²) in [6, 6.07) is 0. The van der Waals surface area contributed by atoms with E-state index in [2.05, 4.69) is 0 Å². The number of hydrogen-bond donors (Lipinski definition) is 2. The summed E-state index contributed by atoms with van der Waals surface area (Å²) in [4.78, 5) is 20.7. The molecule has 2 unspecified atom stereocenters. The average molecular weight is 994 g/mol. The Bertz CT molecular complexity index is 1490. The number of hydrogen-bond acceptors (Lipinski definition) is 2. The summed E-state index contributed by atoms with van der Waals surface area (Å²) < 4.78 is 406. The third-order valence-electron chi connectivity index (χ3n) is 8.95. The normalized spacial score (nSPS) is 19.4. The number of amides is 2. The standard InChI is InChI=1S/C26H20F30N2O4/c27-13(28,15(31,32)17(35,36)19(39,40)21(43,44)23(47,48)25(51,52)53)7-57(11(59)60)5-9-2-1-3-10(4-9)6-58(12(61)62)8-14(29,30)16(33,34)18(37,38)20(41,42)22(45,46)24(49,50)26(54,55)56/h9-10H,1-8H2,(H,59,60)(H,61,62). The number of carboxylic acid groups (broad SMARTS) is 2. The van der Waals surface area contributed by atoms with E-state index < -0.39 is 169 Å². The molecule has 62 heavy (non-hydrogen) atoms. The maximum atomic E-state index is 14.5. The molecular formula is C26H20F30N2O4. The van der Waals surface area contributed by atoms with Crippen molar-refractivity contribution in [2.45, 2.75) is 109 Å². The quantitative estimate of drug-likeness (QED) is 0.134. The summed E-state index contributed by atoms with van der Waals surface area (Å²) in [5.41, 5.74) is 0. The first-order valence-corrected chi connectivity index (χ1v) is 15.4. The average Bonchev–Trinajstić information content (AvgIpc) is 3.05. The Kier molecular flexibility index (Phi) is 14.7. The lowest BCUT2D eigenvalue weighted by molar-refractivity contribution is -0.452. The van der Waals surface area contributed by atoms with Gasteiger partial charge < -0.3 is 20.0 Å². The van der Waals surface area contributed by atoms with Crippen molar-refractivity contribution in [3.8, 4) is 0 Å². The SMILES string of the molecule is O=C(O)N(CC1CCCC(CN(CC(F)(F)C(F)(F)C(F)(F)C(F)(F)C(F)(F)C(F)(F)C(F)(F)F)C(=O)O)C1)CC(F)(F)C(F)(F)C(F)(F)C(F)(F)C(F)(F)C(F)(F)C(F)(F)F. The van der Waals surface area contributed by atoms with E-state index in [1.54, 1.807) is 0 Å². The highest BCUT2D eigenvalue weighted by molar-refractivity contribution is 5.65. The number of rotatable bonds is 18. The fourth-order valence-corrected chi connectivity index (χ4v) is 5.45. The molecule has 6 nitrogen and oxygen atoms in total. The summed E-state index contributed by atoms with van der Waals surface area (Å²) in [5, 5.41) is 18.3. The lowest BCUT2D eigenvalue weighted by Crippen LogP contribution is -2.73. The van der Waals surface area contributed by atoms with Crippen LogP contribution in [-0.2, 0) is 0 Å². The molecule has 368 valence electrons. The molecule has 1 saturated carbocycles. The molecule has 1 fully saturated rings. The summed E-state index contributed by atoms with van der Waals surface area (Å²) >= 11 is 0. The van der Waals surface area contributed by atoms with Gasteiger partial charge in [-0.3, -0.25) is 0 Å². The zero-order valence-electron chi connectivity index (χ0n) is 28.8. The van der Waals surface area contributed by atoms with Crippen LogP contribution in [0.5, 0.6) is 0 Å². The summed E-state index contributed by atoms with van der Waals surface area (Å²) in [6.45, 7) is -10.9. The topological polar surface area (TPSA) is 81.1 Å². The van der Waals surface area contributed by atoms with Gasteiger partial charge in [-0.25, -0.2) is 9.59 Å². The van der Waals surface area contributed by atoms with Crippen molar-refractivity contribution in [1.29, 1.82) is 0 Å². The molecule has 0 spiro atoms. The van der Waals surface area contributed by atoms with Crippen LogP contribution in [0, 0.1) is 11.8 Å². The molecule has 1 rings (SSSR count). The minimum Gasteiger partial charge on any atom is -0.465 e. The van der Waals surface area contributed by atoms with Crippen molar-refractivity contribution in [1.82, 2.24) is 9.80 Å². The Morgan fingerprint density at radius 2 is 0.581 bits per heavy atom. The van der Waals surface area contributed by atoms with Gasteiger partial charge in [0.1, 0.15) is 0 Å². The van der Waals surface area contributed by atoms with Crippen LogP contribution >= 0.6 is 0 Å². The molecule has 1 aliphatic rings. The molecule has 0 aromatic carbocycles. The smallest absolute Gasteiger partial charge is 0.460 e. The van der Waals surface area contributed by atoms with Crippen LogP contribution in [-0.4, -0.2) is 142 Å². The van der Waals surface area contributed by atoms with E-state index in [1.807, 2.05) is 0 Å². The third-order valence-corrected chi connectivity index (χ3v) is 8.95. The lowest BCUT2D eigenvalue weighted by Gasteiger charge is -2.42. The van der Waals surface area contributed by atoms with Crippen molar-refractivity contribution in [2.75, 3.05) is 26.2 Å². The van der Waals surface area contributed by atoms with Crippen molar-refractivity contribution < 1.29 is 152 Å². The second-order valence-corrected chi connectivity index (χ2v) is 13.4. The van der Waals surface area contributed by atoms with E-state index in [9.17, 15) is 141 Å². The Morgan fingerprint density at radius 3 is 0.790 bits per heavy atom. The van der Waals surface area contributed by atoms with Gasteiger partial charge in [0, 0.05) is 13.1 Å². The van der Waals surface area contributed by atoms with Crippen molar-refractivity contribution in [3.05, 3.63) is 0 Å². The predicted octanol–water partition coefficient (Wildman–Crippen LogP) is 11.5. The number of halogens is 30. The first-order chi connectivity index (χ1) is 26.8. The fourth-order valence-electron chi connectivity index (χ4n) is 5.45. The minimum atomic E-state index is -8.77. The number of carbonyl (C=O) groups is 2. The summed E-state index contributed by atoms with van der Waals surface area (Å²) in [5.74, 6) is -103. The largest absolute Gasteiger partial charge is 0.465 e. The molecule has 36 heteroatoms. The minimum absolute atomic E-state index is 0.616. The maximum Gasteiger partial charge on any atom is 0.460 e. The summed E-state index contributed by atoms with van der Waals surface area (Å²) in [6.07, 6.45) is -25.0. The van der Waals surface area contributed by atoms with Crippen molar-refractivity contribution >= 4 is 12.2 Å². The zero-order chi connectivity index (χ0) is 50.1. The second kappa shape index (κ2) is 16.2. The molecule has 2 N–H and O–H groups in total. The van der Waals surface area contributed by atoms with Crippen LogP contribution in [0.15, 0.2) is 0 Å². The molecule has 0 heterocycles. The Balaban J connectivity index is 3.44. The van der Waals surface area contributed by atoms with Crippen LogP contribution in [0.2, 0.25) is 0 Å². The fraction of sp³-hybridized carbons (Fsp3) is 0.923. The molecule has 1 aliphatic carbocycles. The predicted molar refractivity (Wildman–Crippen MR) is 136 cm³/mol. The van der Waals surface area contributed by atoms with Crippen LogP contribution in [0.25, 0.3) is 0 Å². The van der Waals surface area contributed by atoms with Crippen molar-refractivity contribution in [2.24, 2.45) is 11.8 Å². The Hall–Kier alpha value is -3.56. The first kappa shape index (κ1) is 56.5. The van der Waals surface area contributed by atoms with Gasteiger partial charge in [-0.05, 0) is 31.1 Å². The van der Waals surface area contributed by atoms with E-state index in [1.165, 1.54) is 0 Å². The Labute approximate surface area is 321 Å². The van der Waals surface area contributed by atoms with Crippen LogP contribution in [0.1, 0.15) is 25.7 Å². The third kappa shape index (κ3) is 8.80. The molecule has 0 aromatic heterocycles. The van der Waals surface area contributed by atoms with Gasteiger partial charge in [0.15, 0.2) is 0 Å². The molecule has 2 atom stereocenters. The number of nitrogens with zero attached hydrogens (tertiary/aromatic N) is 2. The highest BCUT2D eigenvalue weighted by atomic mass is 19.4. The van der Waals surface area contributed by atoms with Gasteiger partial charge in [0.2, 0.25) is 0 Å². The first-order valence-electron chi connectivity index (χ1n) is 15.4. The van der Waals surface area contributed by atoms with Gasteiger partial charge in [-0.2, -0.15) is 132 Å². The van der Waals surface area contributed by atoms with E-state index in [4.69, 9.17) is 10.2 Å². The van der Waals surface area contributed by atoms with Gasteiger partial charge in [-0.15, -0.1) is 0 Å². The molecule has 0 bridgehead atoms. The molecule has 0 aromatic rings. The summed E-state index contributed by atoms with van der Waals surface area (Å²) in [7, 11) is 0. The molecule has 0 saturated heterocycles. The van der Waals surface area contributed by atoms with Crippen LogP contribution in [0.4, 0.5) is 141 Å². The van der Waals surface area contributed by atoms with Crippen LogP contribution < -0.4 is 0 Å². The van der Waals surface area contributed by atoms with E-state index in [0.29, 0.717) is 0 Å². The Morgan fingerprint density at radius 1 is 0.371 bits per heavy atom. The number of alkyl halides is 30. The highest BCUT2D eigenvalue weighted by Crippen LogP contribution is 2.64. The lowest BCUT2D eigenvalue weighted by atomic mass is 9.80. The second-order valence-electron chi connectivity index (χ2n) is 13.4. The van der Waals surface area contributed by atoms with Gasteiger partial charge in [-0.1, -0.05) is 6.42 Å². The van der Waals surface area contributed by atoms with Gasteiger partial charge in [0.05, 0.1) is 13.1 Å². The van der Waals surface area contributed by atoms with Gasteiger partial charge >= 0.3 is 95.6 Å². The monoisotopic (exact) mass is 994 g/mol. The van der Waals surface area contributed by atoms with E-state index >= 15 is 0 Å². The zero-order valence-corrected chi connectivity index (χ0v) is 28.8. The van der Waals surface area contributed by atoms with E-state index in [0.717, 1.165) is 0 Å². The molecular weight excluding hydrogens is 974 g/mol.